The number of rotatable bonds is 4. The summed E-state index contributed by atoms with van der Waals surface area (Å²) in [6.45, 7) is 5.40. The van der Waals surface area contributed by atoms with E-state index in [1.54, 1.807) is 13.0 Å². The van der Waals surface area contributed by atoms with Gasteiger partial charge in [0.1, 0.15) is 0 Å². The molecule has 0 aliphatic heterocycles. The van der Waals surface area contributed by atoms with Crippen molar-refractivity contribution < 1.29 is 9.59 Å². The zero-order chi connectivity index (χ0) is 10.4. The maximum Gasteiger partial charge on any atom is 0.246 e. The van der Waals surface area contributed by atoms with Crippen LogP contribution in [-0.4, -0.2) is 29.3 Å². The molecule has 0 fully saturated rings. The molecule has 0 spiro atoms. The van der Waals surface area contributed by atoms with Crippen LogP contribution in [0.2, 0.25) is 0 Å². The molecule has 4 heteroatoms. The minimum absolute atomic E-state index is 0.0174. The molecule has 0 heterocycles. The molecule has 0 aromatic heterocycles. The third-order valence-electron chi connectivity index (χ3n) is 1.54. The summed E-state index contributed by atoms with van der Waals surface area (Å²) in [6.07, 6.45) is 3.06. The number of nitrogens with zero attached hydrogens (tertiary/aromatic N) is 1. The van der Waals surface area contributed by atoms with Gasteiger partial charge in [-0.05, 0) is 26.8 Å². The fraction of sp³-hybridized carbons (Fsp3) is 0.556. The number of nitrogens with two attached hydrogens (primary N) is 1. The summed E-state index contributed by atoms with van der Waals surface area (Å²) in [7, 11) is 0. The highest BCUT2D eigenvalue weighted by Crippen LogP contribution is 1.99. The minimum Gasteiger partial charge on any atom is -0.368 e. The molecule has 0 rings (SSSR count). The zero-order valence-electron chi connectivity index (χ0n) is 8.28. The third-order valence-corrected chi connectivity index (χ3v) is 1.54. The van der Waals surface area contributed by atoms with Crippen molar-refractivity contribution >= 4 is 11.8 Å². The van der Waals surface area contributed by atoms with Gasteiger partial charge in [0.15, 0.2) is 0 Å². The van der Waals surface area contributed by atoms with Gasteiger partial charge >= 0.3 is 0 Å². The van der Waals surface area contributed by atoms with Crippen molar-refractivity contribution in [1.82, 2.24) is 4.90 Å². The van der Waals surface area contributed by atoms with Crippen molar-refractivity contribution in [2.24, 2.45) is 5.73 Å². The SMILES string of the molecule is CC=CC(=O)N(CC(N)=O)C(C)C. The summed E-state index contributed by atoms with van der Waals surface area (Å²) in [6, 6.07) is -0.0174. The van der Waals surface area contributed by atoms with E-state index in [2.05, 4.69) is 0 Å². The average Bonchev–Trinajstić information content (AvgIpc) is 1.99. The van der Waals surface area contributed by atoms with Gasteiger partial charge in [-0.15, -0.1) is 0 Å². The molecule has 0 aliphatic carbocycles. The molecule has 0 unspecified atom stereocenters. The maximum absolute atomic E-state index is 11.4. The Labute approximate surface area is 78.4 Å². The van der Waals surface area contributed by atoms with Crippen molar-refractivity contribution in [3.8, 4) is 0 Å². The molecule has 4 nitrogen and oxygen atoms in total. The van der Waals surface area contributed by atoms with Gasteiger partial charge in [-0.1, -0.05) is 6.08 Å². The Hall–Kier alpha value is -1.32. The van der Waals surface area contributed by atoms with Crippen molar-refractivity contribution in [3.05, 3.63) is 12.2 Å². The Morgan fingerprint density at radius 1 is 1.46 bits per heavy atom. The molecule has 0 bridgehead atoms. The van der Waals surface area contributed by atoms with Crippen LogP contribution in [0.4, 0.5) is 0 Å². The Kier molecular flexibility index (Phi) is 4.80. The van der Waals surface area contributed by atoms with Crippen LogP contribution < -0.4 is 5.73 Å². The van der Waals surface area contributed by atoms with Crippen LogP contribution in [0.3, 0.4) is 0 Å². The molecule has 0 radical (unpaired) electrons. The molecule has 0 saturated heterocycles. The highest BCUT2D eigenvalue weighted by atomic mass is 16.2. The number of amides is 2. The molecule has 2 N–H and O–H groups in total. The molecule has 0 aliphatic rings. The first kappa shape index (κ1) is 11.7. The van der Waals surface area contributed by atoms with Gasteiger partial charge in [-0.2, -0.15) is 0 Å². The predicted octanol–water partition coefficient (Wildman–Crippen LogP) is 0.285. The predicted molar refractivity (Wildman–Crippen MR) is 50.9 cm³/mol. The van der Waals surface area contributed by atoms with Gasteiger partial charge in [0.25, 0.3) is 0 Å². The van der Waals surface area contributed by atoms with E-state index < -0.39 is 5.91 Å². The number of carbonyl (C=O) groups excluding carboxylic acids is 2. The number of carbonyl (C=O) groups is 2. The van der Waals surface area contributed by atoms with E-state index in [9.17, 15) is 9.59 Å². The lowest BCUT2D eigenvalue weighted by Crippen LogP contribution is -2.41. The van der Waals surface area contributed by atoms with Crippen LogP contribution in [0.15, 0.2) is 12.2 Å². The molecule has 2 amide bonds. The largest absolute Gasteiger partial charge is 0.368 e. The summed E-state index contributed by atoms with van der Waals surface area (Å²) < 4.78 is 0. The van der Waals surface area contributed by atoms with E-state index in [-0.39, 0.29) is 18.5 Å². The van der Waals surface area contributed by atoms with Gasteiger partial charge in [0, 0.05) is 6.04 Å². The molecule has 0 atom stereocenters. The van der Waals surface area contributed by atoms with E-state index in [0.29, 0.717) is 0 Å². The first-order chi connectivity index (χ1) is 5.99. The molecule has 0 aromatic carbocycles. The summed E-state index contributed by atoms with van der Waals surface area (Å²) in [5.74, 6) is -0.678. The molecular weight excluding hydrogens is 168 g/mol. The second-order valence-electron chi connectivity index (χ2n) is 3.03. The van der Waals surface area contributed by atoms with E-state index in [0.717, 1.165) is 0 Å². The van der Waals surface area contributed by atoms with Crippen molar-refractivity contribution in [3.63, 3.8) is 0 Å². The van der Waals surface area contributed by atoms with Crippen molar-refractivity contribution in [2.45, 2.75) is 26.8 Å². The maximum atomic E-state index is 11.4. The Morgan fingerprint density at radius 3 is 2.31 bits per heavy atom. The Bertz CT molecular complexity index is 222. The number of allylic oxidation sites excluding steroid dienone is 1. The molecule has 74 valence electrons. The summed E-state index contributed by atoms with van der Waals surface area (Å²) in [4.78, 5) is 23.4. The van der Waals surface area contributed by atoms with Crippen LogP contribution in [-0.2, 0) is 9.59 Å². The molecule has 0 saturated carbocycles. The summed E-state index contributed by atoms with van der Waals surface area (Å²) in [5, 5.41) is 0. The quantitative estimate of drug-likeness (QED) is 0.638. The van der Waals surface area contributed by atoms with E-state index in [4.69, 9.17) is 5.73 Å². The highest BCUT2D eigenvalue weighted by Gasteiger charge is 2.15. The van der Waals surface area contributed by atoms with Gasteiger partial charge in [-0.3, -0.25) is 9.59 Å². The third kappa shape index (κ3) is 4.30. The first-order valence-corrected chi connectivity index (χ1v) is 4.20. The smallest absolute Gasteiger partial charge is 0.246 e. The van der Waals surface area contributed by atoms with Crippen LogP contribution in [0.25, 0.3) is 0 Å². The lowest BCUT2D eigenvalue weighted by Gasteiger charge is -2.23. The van der Waals surface area contributed by atoms with Crippen LogP contribution in [0, 0.1) is 0 Å². The van der Waals surface area contributed by atoms with E-state index in [1.807, 2.05) is 13.8 Å². The molecule has 13 heavy (non-hydrogen) atoms. The summed E-state index contributed by atoms with van der Waals surface area (Å²) in [5.41, 5.74) is 5.01. The van der Waals surface area contributed by atoms with Gasteiger partial charge in [-0.25, -0.2) is 0 Å². The molecular formula is C9H16N2O2. The summed E-state index contributed by atoms with van der Waals surface area (Å²) >= 11 is 0. The Balaban J connectivity index is 4.41. The van der Waals surface area contributed by atoms with E-state index >= 15 is 0 Å². The first-order valence-electron chi connectivity index (χ1n) is 4.20. The normalized spacial score (nSPS) is 10.8. The van der Waals surface area contributed by atoms with E-state index in [1.165, 1.54) is 11.0 Å². The minimum atomic E-state index is -0.494. The lowest BCUT2D eigenvalue weighted by molar-refractivity contribution is -0.132. The average molecular weight is 184 g/mol. The monoisotopic (exact) mass is 184 g/mol. The van der Waals surface area contributed by atoms with Gasteiger partial charge in [0.05, 0.1) is 6.54 Å². The zero-order valence-corrected chi connectivity index (χ0v) is 8.28. The second-order valence-corrected chi connectivity index (χ2v) is 3.03. The van der Waals surface area contributed by atoms with Crippen molar-refractivity contribution in [1.29, 1.82) is 0 Å². The van der Waals surface area contributed by atoms with Crippen LogP contribution in [0.5, 0.6) is 0 Å². The highest BCUT2D eigenvalue weighted by molar-refractivity contribution is 5.91. The Morgan fingerprint density at radius 2 is 2.00 bits per heavy atom. The second kappa shape index (κ2) is 5.35. The standard InChI is InChI=1S/C9H16N2O2/c1-4-5-9(13)11(7(2)3)6-8(10)12/h4-5,7H,6H2,1-3H3,(H2,10,12). The van der Waals surface area contributed by atoms with Crippen molar-refractivity contribution in [2.75, 3.05) is 6.54 Å². The van der Waals surface area contributed by atoms with Crippen LogP contribution in [0.1, 0.15) is 20.8 Å². The lowest BCUT2D eigenvalue weighted by atomic mass is 10.3. The van der Waals surface area contributed by atoms with Crippen LogP contribution >= 0.6 is 0 Å². The molecule has 0 aromatic rings. The number of hydrogen-bond donors (Lipinski definition) is 1. The topological polar surface area (TPSA) is 63.4 Å². The van der Waals surface area contributed by atoms with Gasteiger partial charge in [0.2, 0.25) is 11.8 Å². The van der Waals surface area contributed by atoms with Gasteiger partial charge < -0.3 is 10.6 Å². The number of primary amides is 1. The number of hydrogen-bond acceptors (Lipinski definition) is 2. The fourth-order valence-electron chi connectivity index (χ4n) is 0.921. The fourth-order valence-corrected chi connectivity index (χ4v) is 0.921.